The maximum absolute atomic E-state index is 12.6. The summed E-state index contributed by atoms with van der Waals surface area (Å²) in [5, 5.41) is 4.33. The Morgan fingerprint density at radius 3 is 1.78 bits per heavy atom. The lowest BCUT2D eigenvalue weighted by atomic mass is 9.97. The molecule has 3 atom stereocenters. The van der Waals surface area contributed by atoms with E-state index in [1.165, 1.54) is 21.1 Å². The molecule has 0 radical (unpaired) electrons. The maximum Gasteiger partial charge on any atom is 0.328 e. The first-order chi connectivity index (χ1) is 12.6. The van der Waals surface area contributed by atoms with Gasteiger partial charge in [-0.15, -0.1) is 0 Å². The van der Waals surface area contributed by atoms with Gasteiger partial charge in [-0.05, 0) is 12.8 Å². The van der Waals surface area contributed by atoms with E-state index in [-0.39, 0.29) is 17.3 Å². The molecular formula is C17H22Cl2N2O6. The first-order valence-corrected chi connectivity index (χ1v) is 8.93. The summed E-state index contributed by atoms with van der Waals surface area (Å²) in [6.45, 7) is 5.07. The molecule has 8 nitrogen and oxygen atoms in total. The van der Waals surface area contributed by atoms with Gasteiger partial charge in [0.2, 0.25) is 11.6 Å². The third-order valence-electron chi connectivity index (χ3n) is 4.18. The number of esters is 2. The molecule has 10 heteroatoms. The van der Waals surface area contributed by atoms with Crippen molar-refractivity contribution in [1.29, 1.82) is 0 Å². The van der Waals surface area contributed by atoms with Crippen LogP contribution >= 0.6 is 23.2 Å². The van der Waals surface area contributed by atoms with Gasteiger partial charge in [0, 0.05) is 0 Å². The number of carbonyl (C=O) groups excluding carboxylic acids is 4. The largest absolute Gasteiger partial charge is 0.467 e. The summed E-state index contributed by atoms with van der Waals surface area (Å²) in [5.74, 6) is -3.03. The molecule has 1 aliphatic carbocycles. The SMILES string of the molecule is CC[C@H](C)[C@@H](NC1=C(Cl)C(=O)C(N[C@@H](C)C(=O)OC)=C(Cl)C1=O)C(=O)OC. The monoisotopic (exact) mass is 420 g/mol. The van der Waals surface area contributed by atoms with Gasteiger partial charge < -0.3 is 20.1 Å². The number of methoxy groups -OCH3 is 2. The van der Waals surface area contributed by atoms with Crippen LogP contribution in [0.25, 0.3) is 0 Å². The van der Waals surface area contributed by atoms with Crippen molar-refractivity contribution in [3.05, 3.63) is 21.5 Å². The molecule has 2 N–H and O–H groups in total. The van der Waals surface area contributed by atoms with Crippen LogP contribution in [0, 0.1) is 5.92 Å². The molecule has 0 heterocycles. The number of nitrogens with one attached hydrogen (secondary N) is 2. The van der Waals surface area contributed by atoms with E-state index in [1.807, 2.05) is 6.92 Å². The molecule has 0 saturated carbocycles. The number of hydrogen-bond donors (Lipinski definition) is 2. The minimum Gasteiger partial charge on any atom is -0.467 e. The number of rotatable bonds is 8. The first kappa shape index (κ1) is 23.0. The van der Waals surface area contributed by atoms with E-state index in [4.69, 9.17) is 27.9 Å². The zero-order valence-electron chi connectivity index (χ0n) is 15.6. The highest BCUT2D eigenvalue weighted by Crippen LogP contribution is 2.28. The summed E-state index contributed by atoms with van der Waals surface area (Å²) in [4.78, 5) is 48.7. The Hall–Kier alpha value is -2.06. The van der Waals surface area contributed by atoms with Gasteiger partial charge in [0.15, 0.2) is 0 Å². The van der Waals surface area contributed by atoms with Crippen molar-refractivity contribution in [3.8, 4) is 0 Å². The van der Waals surface area contributed by atoms with Crippen LogP contribution in [0.4, 0.5) is 0 Å². The third-order valence-corrected chi connectivity index (χ3v) is 4.90. The van der Waals surface area contributed by atoms with E-state index in [9.17, 15) is 19.2 Å². The zero-order chi connectivity index (χ0) is 20.9. The highest BCUT2D eigenvalue weighted by atomic mass is 35.5. The number of halogens is 2. The Labute approximate surface area is 167 Å². The molecule has 1 rings (SSSR count). The fourth-order valence-electron chi connectivity index (χ4n) is 2.31. The Bertz CT molecular complexity index is 716. The van der Waals surface area contributed by atoms with E-state index in [2.05, 4.69) is 15.4 Å². The molecular weight excluding hydrogens is 399 g/mol. The fourth-order valence-corrected chi connectivity index (χ4v) is 2.78. The molecule has 1 aliphatic rings. The van der Waals surface area contributed by atoms with Crippen molar-refractivity contribution in [3.63, 3.8) is 0 Å². The number of Topliss-reactive ketones (excluding diaryl/α,β-unsaturated/α-hetero) is 2. The molecule has 0 aliphatic heterocycles. The van der Waals surface area contributed by atoms with Crippen LogP contribution in [0.1, 0.15) is 27.2 Å². The van der Waals surface area contributed by atoms with Crippen molar-refractivity contribution in [1.82, 2.24) is 10.6 Å². The van der Waals surface area contributed by atoms with Gasteiger partial charge in [0.1, 0.15) is 33.5 Å². The number of ether oxygens (including phenoxy) is 2. The van der Waals surface area contributed by atoms with Gasteiger partial charge in [-0.25, -0.2) is 9.59 Å². The Morgan fingerprint density at radius 1 is 0.926 bits per heavy atom. The summed E-state index contributed by atoms with van der Waals surface area (Å²) in [5.41, 5.74) is -0.605. The maximum atomic E-state index is 12.6. The fraction of sp³-hybridized carbons (Fsp3) is 0.529. The minimum atomic E-state index is -0.933. The van der Waals surface area contributed by atoms with Crippen LogP contribution in [0.15, 0.2) is 21.5 Å². The van der Waals surface area contributed by atoms with Gasteiger partial charge in [-0.1, -0.05) is 43.5 Å². The molecule has 0 aromatic rings. The first-order valence-electron chi connectivity index (χ1n) is 8.18. The van der Waals surface area contributed by atoms with Crippen LogP contribution in [-0.4, -0.2) is 49.8 Å². The number of hydrogen-bond acceptors (Lipinski definition) is 8. The average molecular weight is 421 g/mol. The van der Waals surface area contributed by atoms with Crippen LogP contribution in [-0.2, 0) is 28.7 Å². The van der Waals surface area contributed by atoms with Gasteiger partial charge in [-0.2, -0.15) is 0 Å². The molecule has 0 fully saturated rings. The van der Waals surface area contributed by atoms with Crippen molar-refractivity contribution in [2.45, 2.75) is 39.3 Å². The normalized spacial score (nSPS) is 18.0. The van der Waals surface area contributed by atoms with Crippen molar-refractivity contribution in [2.24, 2.45) is 5.92 Å². The van der Waals surface area contributed by atoms with Crippen LogP contribution in [0.2, 0.25) is 0 Å². The van der Waals surface area contributed by atoms with Crippen LogP contribution in [0.3, 0.4) is 0 Å². The smallest absolute Gasteiger partial charge is 0.328 e. The van der Waals surface area contributed by atoms with E-state index in [0.29, 0.717) is 6.42 Å². The van der Waals surface area contributed by atoms with Gasteiger partial charge in [0.25, 0.3) is 0 Å². The van der Waals surface area contributed by atoms with E-state index in [1.54, 1.807) is 6.92 Å². The highest BCUT2D eigenvalue weighted by molar-refractivity contribution is 6.56. The summed E-state index contributed by atoms with van der Waals surface area (Å²) in [7, 11) is 2.40. The Kier molecular flexibility index (Phi) is 8.30. The van der Waals surface area contributed by atoms with Gasteiger partial charge >= 0.3 is 11.9 Å². The second kappa shape index (κ2) is 9.75. The van der Waals surface area contributed by atoms with Gasteiger partial charge in [-0.3, -0.25) is 9.59 Å². The molecule has 0 spiro atoms. The number of ketones is 2. The second-order valence-corrected chi connectivity index (χ2v) is 6.71. The summed E-state index contributed by atoms with van der Waals surface area (Å²) in [6.07, 6.45) is 0.604. The van der Waals surface area contributed by atoms with Gasteiger partial charge in [0.05, 0.1) is 14.2 Å². The molecule has 0 aromatic heterocycles. The molecule has 0 amide bonds. The van der Waals surface area contributed by atoms with Crippen molar-refractivity contribution >= 4 is 46.7 Å². The molecule has 150 valence electrons. The topological polar surface area (TPSA) is 111 Å². The standard InChI is InChI=1S/C17H22Cl2N2O6/c1-6-7(2)11(17(25)27-5)21-13-10(19)14(22)12(9(18)15(13)23)20-8(3)16(24)26-4/h7-8,11,20-21H,6H2,1-5H3/t7-,8-,11+/m0/s1. The minimum absolute atomic E-state index is 0.209. The van der Waals surface area contributed by atoms with E-state index >= 15 is 0 Å². The molecule has 0 aromatic carbocycles. The second-order valence-electron chi connectivity index (χ2n) is 5.96. The molecule has 0 bridgehead atoms. The summed E-state index contributed by atoms with van der Waals surface area (Å²) in [6, 6.07) is -1.83. The number of allylic oxidation sites excluding steroid dienone is 2. The summed E-state index contributed by atoms with van der Waals surface area (Å²) < 4.78 is 9.30. The highest BCUT2D eigenvalue weighted by Gasteiger charge is 2.37. The lowest BCUT2D eigenvalue weighted by molar-refractivity contribution is -0.144. The molecule has 0 saturated heterocycles. The van der Waals surface area contributed by atoms with Crippen LogP contribution < -0.4 is 10.6 Å². The molecule has 0 unspecified atom stereocenters. The van der Waals surface area contributed by atoms with Crippen molar-refractivity contribution < 1.29 is 28.7 Å². The Morgan fingerprint density at radius 2 is 1.37 bits per heavy atom. The quantitative estimate of drug-likeness (QED) is 0.447. The van der Waals surface area contributed by atoms with E-state index < -0.39 is 45.7 Å². The van der Waals surface area contributed by atoms with E-state index in [0.717, 1.165) is 0 Å². The average Bonchev–Trinajstić information content (AvgIpc) is 2.67. The third kappa shape index (κ3) is 5.01. The lowest BCUT2D eigenvalue weighted by Gasteiger charge is -2.27. The predicted molar refractivity (Wildman–Crippen MR) is 98.8 cm³/mol. The summed E-state index contributed by atoms with van der Waals surface area (Å²) >= 11 is 12.1. The van der Waals surface area contributed by atoms with Crippen molar-refractivity contribution in [2.75, 3.05) is 14.2 Å². The predicted octanol–water partition coefficient (Wildman–Crippen LogP) is 1.37. The lowest BCUT2D eigenvalue weighted by Crippen LogP contribution is -2.46. The Balaban J connectivity index is 3.20. The zero-order valence-corrected chi connectivity index (χ0v) is 17.2. The molecule has 27 heavy (non-hydrogen) atoms. The van der Waals surface area contributed by atoms with Crippen LogP contribution in [0.5, 0.6) is 0 Å². The number of carbonyl (C=O) groups is 4.